The topological polar surface area (TPSA) is 27.0 Å². The van der Waals surface area contributed by atoms with Crippen LogP contribution in [0.4, 0.5) is 5.69 Å². The average Bonchev–Trinajstić information content (AvgIpc) is 2.38. The third-order valence-corrected chi connectivity index (χ3v) is 3.80. The molecule has 1 aromatic carbocycles. The predicted octanol–water partition coefficient (Wildman–Crippen LogP) is 3.81. The van der Waals surface area contributed by atoms with Crippen LogP contribution in [0.25, 0.3) is 0 Å². The van der Waals surface area contributed by atoms with Crippen LogP contribution in [0, 0.1) is 17.2 Å². The van der Waals surface area contributed by atoms with Gasteiger partial charge in [0.05, 0.1) is 11.6 Å². The lowest BCUT2D eigenvalue weighted by Crippen LogP contribution is -2.26. The Morgan fingerprint density at radius 1 is 1.35 bits per heavy atom. The number of benzene rings is 1. The van der Waals surface area contributed by atoms with Gasteiger partial charge >= 0.3 is 0 Å². The number of halogens is 1. The zero-order valence-corrected chi connectivity index (χ0v) is 12.1. The molecule has 0 saturated carbocycles. The molecule has 1 atom stereocenters. The van der Waals surface area contributed by atoms with E-state index in [0.29, 0.717) is 11.5 Å². The largest absolute Gasteiger partial charge is 0.374 e. The van der Waals surface area contributed by atoms with Gasteiger partial charge in [-0.2, -0.15) is 5.26 Å². The van der Waals surface area contributed by atoms with Gasteiger partial charge in [0.1, 0.15) is 0 Å². The van der Waals surface area contributed by atoms with Gasteiger partial charge in [0.2, 0.25) is 0 Å². The van der Waals surface area contributed by atoms with Crippen molar-refractivity contribution in [2.75, 3.05) is 23.8 Å². The van der Waals surface area contributed by atoms with Crippen molar-refractivity contribution >= 4 is 21.6 Å². The molecule has 0 heterocycles. The van der Waals surface area contributed by atoms with Crippen molar-refractivity contribution < 1.29 is 0 Å². The van der Waals surface area contributed by atoms with Crippen LogP contribution in [-0.2, 0) is 0 Å². The van der Waals surface area contributed by atoms with Crippen LogP contribution in [0.1, 0.15) is 25.3 Å². The fourth-order valence-corrected chi connectivity index (χ4v) is 2.44. The van der Waals surface area contributed by atoms with E-state index in [1.165, 1.54) is 18.5 Å². The highest BCUT2D eigenvalue weighted by Gasteiger charge is 2.10. The van der Waals surface area contributed by atoms with E-state index in [9.17, 15) is 0 Å². The van der Waals surface area contributed by atoms with Crippen molar-refractivity contribution in [1.82, 2.24) is 0 Å². The summed E-state index contributed by atoms with van der Waals surface area (Å²) in [4.78, 5) is 2.25. The first kappa shape index (κ1) is 14.1. The van der Waals surface area contributed by atoms with E-state index in [1.807, 2.05) is 24.3 Å². The van der Waals surface area contributed by atoms with E-state index in [0.717, 1.165) is 11.9 Å². The lowest BCUT2D eigenvalue weighted by Gasteiger charge is -2.24. The maximum Gasteiger partial charge on any atom is 0.0991 e. The number of nitrogens with zero attached hydrogens (tertiary/aromatic N) is 2. The van der Waals surface area contributed by atoms with Crippen LogP contribution in [-0.4, -0.2) is 18.9 Å². The van der Waals surface area contributed by atoms with Crippen LogP contribution in [0.2, 0.25) is 0 Å². The molecule has 0 amide bonds. The van der Waals surface area contributed by atoms with E-state index in [2.05, 4.69) is 40.9 Å². The fourth-order valence-electron chi connectivity index (χ4n) is 1.91. The molecule has 92 valence electrons. The van der Waals surface area contributed by atoms with E-state index in [1.54, 1.807) is 0 Å². The summed E-state index contributed by atoms with van der Waals surface area (Å²) in [6.45, 7) is 3.27. The number of alkyl halides is 1. The summed E-state index contributed by atoms with van der Waals surface area (Å²) in [6, 6.07) is 9.90. The Kier molecular flexibility index (Phi) is 6.07. The third-order valence-electron chi connectivity index (χ3n) is 2.88. The summed E-state index contributed by atoms with van der Waals surface area (Å²) in [5.74, 6) is 0.681. The number of anilines is 1. The molecule has 0 bridgehead atoms. The SMILES string of the molecule is CCCC(CBr)CN(C)c1ccc(C#N)cc1. The van der Waals surface area contributed by atoms with Gasteiger partial charge in [-0.05, 0) is 36.6 Å². The van der Waals surface area contributed by atoms with Crippen LogP contribution in [0.15, 0.2) is 24.3 Å². The van der Waals surface area contributed by atoms with Gasteiger partial charge < -0.3 is 4.90 Å². The second-order valence-electron chi connectivity index (χ2n) is 4.35. The molecule has 0 aliphatic heterocycles. The van der Waals surface area contributed by atoms with Gasteiger partial charge in [-0.1, -0.05) is 29.3 Å². The molecule has 0 aliphatic rings. The van der Waals surface area contributed by atoms with Gasteiger partial charge in [0.15, 0.2) is 0 Å². The first-order valence-corrected chi connectivity index (χ1v) is 7.10. The smallest absolute Gasteiger partial charge is 0.0991 e. The molecule has 0 spiro atoms. The van der Waals surface area contributed by atoms with Crippen LogP contribution >= 0.6 is 15.9 Å². The standard InChI is InChI=1S/C14H19BrN2/c1-3-4-13(9-15)11-17(2)14-7-5-12(10-16)6-8-14/h5-8,13H,3-4,9,11H2,1-2H3. The Balaban J connectivity index is 2.62. The zero-order chi connectivity index (χ0) is 12.7. The molecule has 2 nitrogen and oxygen atoms in total. The quantitative estimate of drug-likeness (QED) is 0.746. The summed E-state index contributed by atoms with van der Waals surface area (Å²) in [7, 11) is 2.10. The summed E-state index contributed by atoms with van der Waals surface area (Å²) >= 11 is 3.57. The summed E-state index contributed by atoms with van der Waals surface area (Å²) in [5.41, 5.74) is 1.89. The summed E-state index contributed by atoms with van der Waals surface area (Å²) in [5, 5.41) is 9.79. The highest BCUT2D eigenvalue weighted by molar-refractivity contribution is 9.09. The minimum Gasteiger partial charge on any atom is -0.374 e. The highest BCUT2D eigenvalue weighted by Crippen LogP contribution is 2.18. The maximum absolute atomic E-state index is 8.75. The third kappa shape index (κ3) is 4.40. The van der Waals surface area contributed by atoms with Gasteiger partial charge in [0, 0.05) is 24.6 Å². The van der Waals surface area contributed by atoms with E-state index < -0.39 is 0 Å². The molecule has 0 N–H and O–H groups in total. The van der Waals surface area contributed by atoms with Crippen LogP contribution < -0.4 is 4.90 Å². The first-order chi connectivity index (χ1) is 8.21. The number of rotatable bonds is 6. The molecular formula is C14H19BrN2. The Hall–Kier alpha value is -1.01. The van der Waals surface area contributed by atoms with Gasteiger partial charge in [-0.25, -0.2) is 0 Å². The Bertz CT molecular complexity index is 367. The molecule has 3 heteroatoms. The Morgan fingerprint density at radius 2 is 2.00 bits per heavy atom. The molecule has 0 fully saturated rings. The highest BCUT2D eigenvalue weighted by atomic mass is 79.9. The second kappa shape index (κ2) is 7.34. The van der Waals surface area contributed by atoms with Crippen LogP contribution in [0.5, 0.6) is 0 Å². The summed E-state index contributed by atoms with van der Waals surface area (Å²) < 4.78 is 0. The molecule has 0 radical (unpaired) electrons. The normalized spacial score (nSPS) is 11.9. The van der Waals surface area contributed by atoms with Gasteiger partial charge in [-0.3, -0.25) is 0 Å². The van der Waals surface area contributed by atoms with E-state index >= 15 is 0 Å². The molecule has 0 aromatic heterocycles. The van der Waals surface area contributed by atoms with E-state index in [-0.39, 0.29) is 0 Å². The second-order valence-corrected chi connectivity index (χ2v) is 5.00. The Morgan fingerprint density at radius 3 is 2.47 bits per heavy atom. The molecular weight excluding hydrogens is 276 g/mol. The number of hydrogen-bond acceptors (Lipinski definition) is 2. The van der Waals surface area contributed by atoms with Crippen molar-refractivity contribution in [2.24, 2.45) is 5.92 Å². The molecule has 0 saturated heterocycles. The molecule has 1 aromatic rings. The molecule has 17 heavy (non-hydrogen) atoms. The number of hydrogen-bond donors (Lipinski definition) is 0. The first-order valence-electron chi connectivity index (χ1n) is 5.98. The van der Waals surface area contributed by atoms with Crippen molar-refractivity contribution in [2.45, 2.75) is 19.8 Å². The van der Waals surface area contributed by atoms with Crippen LogP contribution in [0.3, 0.4) is 0 Å². The molecule has 0 aliphatic carbocycles. The molecule has 1 unspecified atom stereocenters. The van der Waals surface area contributed by atoms with Crippen molar-refractivity contribution in [1.29, 1.82) is 5.26 Å². The fraction of sp³-hybridized carbons (Fsp3) is 0.500. The van der Waals surface area contributed by atoms with Gasteiger partial charge in [-0.15, -0.1) is 0 Å². The monoisotopic (exact) mass is 294 g/mol. The van der Waals surface area contributed by atoms with E-state index in [4.69, 9.17) is 5.26 Å². The Labute approximate surface area is 112 Å². The minimum atomic E-state index is 0.681. The maximum atomic E-state index is 8.75. The van der Waals surface area contributed by atoms with Gasteiger partial charge in [0.25, 0.3) is 0 Å². The van der Waals surface area contributed by atoms with Crippen molar-refractivity contribution in [3.05, 3.63) is 29.8 Å². The van der Waals surface area contributed by atoms with Crippen molar-refractivity contribution in [3.63, 3.8) is 0 Å². The minimum absolute atomic E-state index is 0.681. The number of nitriles is 1. The lowest BCUT2D eigenvalue weighted by molar-refractivity contribution is 0.535. The summed E-state index contributed by atoms with van der Waals surface area (Å²) in [6.07, 6.45) is 2.46. The lowest BCUT2D eigenvalue weighted by atomic mass is 10.1. The molecule has 1 rings (SSSR count). The predicted molar refractivity (Wildman–Crippen MR) is 76.6 cm³/mol. The average molecular weight is 295 g/mol. The zero-order valence-electron chi connectivity index (χ0n) is 10.5. The van der Waals surface area contributed by atoms with Crippen molar-refractivity contribution in [3.8, 4) is 6.07 Å².